The summed E-state index contributed by atoms with van der Waals surface area (Å²) in [5.41, 5.74) is 2.01. The Balaban J connectivity index is 1.73. The van der Waals surface area contributed by atoms with Crippen molar-refractivity contribution in [2.45, 2.75) is 20.4 Å². The van der Waals surface area contributed by atoms with Crippen LogP contribution < -0.4 is 25.4 Å². The van der Waals surface area contributed by atoms with Crippen molar-refractivity contribution in [2.75, 3.05) is 23.8 Å². The summed E-state index contributed by atoms with van der Waals surface area (Å²) in [7, 11) is 0. The third-order valence-corrected chi connectivity index (χ3v) is 3.90. The van der Waals surface area contributed by atoms with Gasteiger partial charge in [0.15, 0.2) is 11.5 Å². The zero-order valence-corrected chi connectivity index (χ0v) is 15.6. The first-order valence-electron chi connectivity index (χ1n) is 8.78. The number of rotatable bonds is 5. The monoisotopic (exact) mass is 383 g/mol. The molecule has 0 aromatic heterocycles. The Morgan fingerprint density at radius 2 is 1.46 bits per heavy atom. The van der Waals surface area contributed by atoms with Crippen molar-refractivity contribution >= 4 is 29.1 Å². The molecule has 0 saturated heterocycles. The van der Waals surface area contributed by atoms with E-state index in [1.54, 1.807) is 18.2 Å². The second-order valence-corrected chi connectivity index (χ2v) is 6.32. The lowest BCUT2D eigenvalue weighted by Crippen LogP contribution is -2.23. The number of benzene rings is 2. The highest BCUT2D eigenvalue weighted by molar-refractivity contribution is 5.99. The average molecular weight is 383 g/mol. The van der Waals surface area contributed by atoms with Crippen molar-refractivity contribution in [3.8, 4) is 11.5 Å². The highest BCUT2D eigenvalue weighted by Crippen LogP contribution is 2.30. The summed E-state index contributed by atoms with van der Waals surface area (Å²) in [4.78, 5) is 35.3. The van der Waals surface area contributed by atoms with Gasteiger partial charge in [-0.15, -0.1) is 0 Å². The molecule has 1 heterocycles. The fraction of sp³-hybridized carbons (Fsp3) is 0.250. The smallest absolute Gasteiger partial charge is 0.251 e. The minimum Gasteiger partial charge on any atom is -0.486 e. The van der Waals surface area contributed by atoms with Crippen LogP contribution in [0.3, 0.4) is 0 Å². The van der Waals surface area contributed by atoms with E-state index in [-0.39, 0.29) is 24.3 Å². The normalized spacial score (nSPS) is 12.1. The number of ether oxygens (including phenoxy) is 2. The van der Waals surface area contributed by atoms with E-state index in [1.807, 2.05) is 18.2 Å². The van der Waals surface area contributed by atoms with Gasteiger partial charge in [-0.25, -0.2) is 0 Å². The molecule has 146 valence electrons. The number of hydrogen-bond donors (Lipinski definition) is 3. The number of amides is 3. The number of carbonyl (C=O) groups is 3. The molecule has 28 heavy (non-hydrogen) atoms. The van der Waals surface area contributed by atoms with Gasteiger partial charge < -0.3 is 25.4 Å². The lowest BCUT2D eigenvalue weighted by atomic mass is 10.1. The van der Waals surface area contributed by atoms with Crippen molar-refractivity contribution in [2.24, 2.45) is 0 Å². The molecule has 3 rings (SSSR count). The summed E-state index contributed by atoms with van der Waals surface area (Å²) in [6.45, 7) is 4.03. The molecule has 8 heteroatoms. The second kappa shape index (κ2) is 8.43. The Labute approximate surface area is 162 Å². The predicted octanol–water partition coefficient (Wildman–Crippen LogP) is 2.30. The van der Waals surface area contributed by atoms with Crippen molar-refractivity contribution < 1.29 is 23.9 Å². The van der Waals surface area contributed by atoms with Crippen molar-refractivity contribution in [1.82, 2.24) is 5.32 Å². The molecule has 0 atom stereocenters. The zero-order valence-electron chi connectivity index (χ0n) is 15.6. The molecule has 0 saturated carbocycles. The van der Waals surface area contributed by atoms with Crippen LogP contribution in [-0.2, 0) is 16.1 Å². The molecule has 0 spiro atoms. The maximum atomic E-state index is 12.6. The first kappa shape index (κ1) is 19.2. The Morgan fingerprint density at radius 1 is 0.857 bits per heavy atom. The van der Waals surface area contributed by atoms with Crippen LogP contribution in [0.1, 0.15) is 29.8 Å². The summed E-state index contributed by atoms with van der Waals surface area (Å²) in [5, 5.41) is 8.06. The molecule has 3 N–H and O–H groups in total. The molecule has 1 aliphatic rings. The van der Waals surface area contributed by atoms with E-state index < -0.39 is 0 Å². The first-order chi connectivity index (χ1) is 13.4. The largest absolute Gasteiger partial charge is 0.486 e. The van der Waals surface area contributed by atoms with Gasteiger partial charge in [0, 0.05) is 37.3 Å². The molecule has 2 aromatic rings. The minimum absolute atomic E-state index is 0.275. The predicted molar refractivity (Wildman–Crippen MR) is 104 cm³/mol. The number of nitrogens with one attached hydrogen (secondary N) is 3. The van der Waals surface area contributed by atoms with Crippen LogP contribution in [0, 0.1) is 0 Å². The van der Waals surface area contributed by atoms with Gasteiger partial charge in [-0.2, -0.15) is 0 Å². The third-order valence-electron chi connectivity index (χ3n) is 3.90. The van der Waals surface area contributed by atoms with E-state index in [9.17, 15) is 14.4 Å². The molecule has 0 aliphatic carbocycles. The Hall–Kier alpha value is -3.55. The molecule has 0 fully saturated rings. The minimum atomic E-state index is -0.339. The molecule has 8 nitrogen and oxygen atoms in total. The molecular formula is C20H21N3O5. The van der Waals surface area contributed by atoms with Crippen LogP contribution in [0.25, 0.3) is 0 Å². The topological polar surface area (TPSA) is 106 Å². The first-order valence-corrected chi connectivity index (χ1v) is 8.78. The SMILES string of the molecule is CC(=O)Nc1cc(NC(C)=O)cc(C(=O)NCc2ccc3c(c2)OCCO3)c1. The van der Waals surface area contributed by atoms with Gasteiger partial charge in [-0.3, -0.25) is 14.4 Å². The molecule has 1 aliphatic heterocycles. The van der Waals surface area contributed by atoms with Crippen LogP contribution in [0.5, 0.6) is 11.5 Å². The van der Waals surface area contributed by atoms with E-state index in [4.69, 9.17) is 9.47 Å². The van der Waals surface area contributed by atoms with Crippen molar-refractivity contribution in [3.63, 3.8) is 0 Å². The number of carbonyl (C=O) groups excluding carboxylic acids is 3. The van der Waals surface area contributed by atoms with E-state index in [0.717, 1.165) is 5.56 Å². The van der Waals surface area contributed by atoms with Crippen LogP contribution >= 0.6 is 0 Å². The van der Waals surface area contributed by atoms with Gasteiger partial charge in [0.2, 0.25) is 11.8 Å². The van der Waals surface area contributed by atoms with Gasteiger partial charge in [-0.1, -0.05) is 6.07 Å². The van der Waals surface area contributed by atoms with Crippen LogP contribution in [0.15, 0.2) is 36.4 Å². The summed E-state index contributed by atoms with van der Waals surface area (Å²) >= 11 is 0. The van der Waals surface area contributed by atoms with Gasteiger partial charge >= 0.3 is 0 Å². The number of anilines is 2. The zero-order chi connectivity index (χ0) is 20.1. The molecule has 0 radical (unpaired) electrons. The third kappa shape index (κ3) is 5.00. The average Bonchev–Trinajstić information content (AvgIpc) is 2.64. The van der Waals surface area contributed by atoms with Gasteiger partial charge in [0.05, 0.1) is 0 Å². The van der Waals surface area contributed by atoms with E-state index in [1.165, 1.54) is 13.8 Å². The summed E-state index contributed by atoms with van der Waals surface area (Å²) < 4.78 is 11.0. The summed E-state index contributed by atoms with van der Waals surface area (Å²) in [6.07, 6.45) is 0. The van der Waals surface area contributed by atoms with E-state index in [2.05, 4.69) is 16.0 Å². The molecule has 0 bridgehead atoms. The highest BCUT2D eigenvalue weighted by atomic mass is 16.6. The fourth-order valence-corrected chi connectivity index (χ4v) is 2.79. The Bertz CT molecular complexity index is 892. The maximum Gasteiger partial charge on any atom is 0.251 e. The number of fused-ring (bicyclic) bond motifs is 1. The lowest BCUT2D eigenvalue weighted by molar-refractivity contribution is -0.115. The van der Waals surface area contributed by atoms with E-state index >= 15 is 0 Å². The van der Waals surface area contributed by atoms with Crippen LogP contribution in [-0.4, -0.2) is 30.9 Å². The summed E-state index contributed by atoms with van der Waals surface area (Å²) in [6, 6.07) is 10.2. The van der Waals surface area contributed by atoms with Crippen LogP contribution in [0.4, 0.5) is 11.4 Å². The molecule has 3 amide bonds. The highest BCUT2D eigenvalue weighted by Gasteiger charge is 2.13. The molecule has 2 aromatic carbocycles. The summed E-state index contributed by atoms with van der Waals surface area (Å²) in [5.74, 6) is 0.446. The fourth-order valence-electron chi connectivity index (χ4n) is 2.79. The van der Waals surface area contributed by atoms with Crippen molar-refractivity contribution in [3.05, 3.63) is 47.5 Å². The van der Waals surface area contributed by atoms with Crippen LogP contribution in [0.2, 0.25) is 0 Å². The van der Waals surface area contributed by atoms with Gasteiger partial charge in [-0.05, 0) is 35.9 Å². The molecule has 0 unspecified atom stereocenters. The Kier molecular flexibility index (Phi) is 5.78. The van der Waals surface area contributed by atoms with E-state index in [0.29, 0.717) is 41.7 Å². The number of hydrogen-bond acceptors (Lipinski definition) is 5. The van der Waals surface area contributed by atoms with Gasteiger partial charge in [0.1, 0.15) is 13.2 Å². The maximum absolute atomic E-state index is 12.6. The molecular weight excluding hydrogens is 362 g/mol. The van der Waals surface area contributed by atoms with Gasteiger partial charge in [0.25, 0.3) is 5.91 Å². The quantitative estimate of drug-likeness (QED) is 0.735. The van der Waals surface area contributed by atoms with Crippen molar-refractivity contribution in [1.29, 1.82) is 0 Å². The lowest BCUT2D eigenvalue weighted by Gasteiger charge is -2.19. The standard InChI is InChI=1S/C20H21N3O5/c1-12(24)22-16-8-15(9-17(10-16)23-13(2)25)20(26)21-11-14-3-4-18-19(7-14)28-6-5-27-18/h3-4,7-10H,5-6,11H2,1-2H3,(H,21,26)(H,22,24)(H,23,25). The second-order valence-electron chi connectivity index (χ2n) is 6.32. The Morgan fingerprint density at radius 3 is 2.07 bits per heavy atom.